The minimum Gasteiger partial charge on any atom is -0.494 e. The van der Waals surface area contributed by atoms with Crippen molar-refractivity contribution in [2.24, 2.45) is 0 Å². The maximum Gasteiger partial charge on any atom is 0.144 e. The molecule has 0 atom stereocenters. The van der Waals surface area contributed by atoms with Crippen LogP contribution in [0.15, 0.2) is 24.9 Å². The Bertz CT molecular complexity index is 232. The van der Waals surface area contributed by atoms with Crippen LogP contribution in [-0.2, 0) is 0 Å². The average molecular weight is 135 g/mol. The smallest absolute Gasteiger partial charge is 0.144 e. The fourth-order valence-electron chi connectivity index (χ4n) is 0.729. The summed E-state index contributed by atoms with van der Waals surface area (Å²) in [6, 6.07) is 3.68. The third kappa shape index (κ3) is 1.16. The summed E-state index contributed by atoms with van der Waals surface area (Å²) >= 11 is 0. The lowest BCUT2D eigenvalue weighted by Gasteiger charge is -2.00. The molecule has 1 aromatic heterocycles. The van der Waals surface area contributed by atoms with Gasteiger partial charge in [-0.2, -0.15) is 0 Å². The van der Waals surface area contributed by atoms with Gasteiger partial charge in [0.25, 0.3) is 0 Å². The van der Waals surface area contributed by atoms with Crippen LogP contribution in [0.5, 0.6) is 5.75 Å². The highest BCUT2D eigenvalue weighted by Gasteiger charge is 1.95. The van der Waals surface area contributed by atoms with E-state index in [0.717, 1.165) is 11.4 Å². The molecule has 0 fully saturated rings. The van der Waals surface area contributed by atoms with Crippen LogP contribution in [-0.4, -0.2) is 12.1 Å². The Labute approximate surface area is 60.2 Å². The summed E-state index contributed by atoms with van der Waals surface area (Å²) in [6.45, 7) is 3.60. The number of hydrogen-bond donors (Lipinski definition) is 0. The third-order valence-corrected chi connectivity index (χ3v) is 1.21. The first kappa shape index (κ1) is 6.81. The zero-order valence-corrected chi connectivity index (χ0v) is 5.87. The maximum absolute atomic E-state index is 5.00. The number of rotatable bonds is 2. The predicted molar refractivity (Wildman–Crippen MR) is 40.9 cm³/mol. The normalized spacial score (nSPS) is 8.90. The van der Waals surface area contributed by atoms with Crippen LogP contribution in [0.4, 0.5) is 0 Å². The minimum atomic E-state index is 0.762. The van der Waals surface area contributed by atoms with E-state index in [9.17, 15) is 0 Å². The van der Waals surface area contributed by atoms with Gasteiger partial charge in [-0.05, 0) is 18.2 Å². The van der Waals surface area contributed by atoms with Gasteiger partial charge in [0, 0.05) is 6.20 Å². The van der Waals surface area contributed by atoms with Crippen molar-refractivity contribution in [2.45, 2.75) is 0 Å². The molecule has 0 amide bonds. The lowest BCUT2D eigenvalue weighted by molar-refractivity contribution is 0.412. The zero-order valence-electron chi connectivity index (χ0n) is 5.87. The Morgan fingerprint density at radius 1 is 1.70 bits per heavy atom. The summed E-state index contributed by atoms with van der Waals surface area (Å²) in [5.74, 6) is 0.762. The molecular weight excluding hydrogens is 126 g/mol. The Hall–Kier alpha value is -1.31. The van der Waals surface area contributed by atoms with Gasteiger partial charge in [0.2, 0.25) is 0 Å². The topological polar surface area (TPSA) is 22.1 Å². The summed E-state index contributed by atoms with van der Waals surface area (Å²) in [7, 11) is 1.62. The first-order valence-corrected chi connectivity index (χ1v) is 3.00. The maximum atomic E-state index is 5.00. The molecule has 0 saturated carbocycles. The van der Waals surface area contributed by atoms with E-state index in [1.165, 1.54) is 0 Å². The number of methoxy groups -OCH3 is 1. The molecule has 2 nitrogen and oxygen atoms in total. The lowest BCUT2D eigenvalue weighted by Crippen LogP contribution is -1.87. The Morgan fingerprint density at radius 3 is 3.00 bits per heavy atom. The summed E-state index contributed by atoms with van der Waals surface area (Å²) in [6.07, 6.45) is 3.37. The van der Waals surface area contributed by atoms with Gasteiger partial charge in [-0.15, -0.1) is 0 Å². The van der Waals surface area contributed by atoms with E-state index < -0.39 is 0 Å². The molecule has 0 aliphatic heterocycles. The molecule has 0 unspecified atom stereocenters. The molecule has 1 aromatic rings. The fourth-order valence-corrected chi connectivity index (χ4v) is 0.729. The van der Waals surface area contributed by atoms with Crippen molar-refractivity contribution in [3.8, 4) is 5.75 Å². The van der Waals surface area contributed by atoms with E-state index >= 15 is 0 Å². The lowest BCUT2D eigenvalue weighted by atomic mass is 10.3. The van der Waals surface area contributed by atoms with Crippen LogP contribution >= 0.6 is 0 Å². The Balaban J connectivity index is 3.08. The van der Waals surface area contributed by atoms with Gasteiger partial charge in [-0.3, -0.25) is 4.98 Å². The monoisotopic (exact) mass is 135 g/mol. The van der Waals surface area contributed by atoms with E-state index in [1.54, 1.807) is 19.4 Å². The molecule has 10 heavy (non-hydrogen) atoms. The Morgan fingerprint density at radius 2 is 2.50 bits per heavy atom. The minimum absolute atomic E-state index is 0.762. The van der Waals surface area contributed by atoms with Gasteiger partial charge in [-0.1, -0.05) is 6.58 Å². The number of hydrogen-bond acceptors (Lipinski definition) is 2. The molecule has 0 aliphatic carbocycles. The van der Waals surface area contributed by atoms with Gasteiger partial charge in [-0.25, -0.2) is 0 Å². The summed E-state index contributed by atoms with van der Waals surface area (Å²) in [5.41, 5.74) is 0.782. The van der Waals surface area contributed by atoms with Gasteiger partial charge in [0.1, 0.15) is 11.4 Å². The molecule has 0 spiro atoms. The molecular formula is C8H9NO. The SMILES string of the molecule is C=Cc1ncccc1OC. The second-order valence-corrected chi connectivity index (χ2v) is 1.80. The second kappa shape index (κ2) is 3.01. The van der Waals surface area contributed by atoms with E-state index in [0.29, 0.717) is 0 Å². The molecule has 2 heteroatoms. The molecule has 0 aromatic carbocycles. The van der Waals surface area contributed by atoms with E-state index in [-0.39, 0.29) is 0 Å². The summed E-state index contributed by atoms with van der Waals surface area (Å²) in [4.78, 5) is 4.02. The zero-order chi connectivity index (χ0) is 7.40. The Kier molecular flexibility index (Phi) is 2.05. The highest BCUT2D eigenvalue weighted by molar-refractivity contribution is 5.50. The third-order valence-electron chi connectivity index (χ3n) is 1.21. The summed E-state index contributed by atoms with van der Waals surface area (Å²) in [5, 5.41) is 0. The fraction of sp³-hybridized carbons (Fsp3) is 0.125. The molecule has 0 bridgehead atoms. The van der Waals surface area contributed by atoms with Crippen LogP contribution in [0.25, 0.3) is 6.08 Å². The van der Waals surface area contributed by atoms with Crippen LogP contribution in [0, 0.1) is 0 Å². The van der Waals surface area contributed by atoms with Gasteiger partial charge in [0.05, 0.1) is 7.11 Å². The molecule has 1 rings (SSSR count). The average Bonchev–Trinajstić information content (AvgIpc) is 2.04. The van der Waals surface area contributed by atoms with E-state index in [2.05, 4.69) is 11.6 Å². The van der Waals surface area contributed by atoms with Crippen molar-refractivity contribution < 1.29 is 4.74 Å². The predicted octanol–water partition coefficient (Wildman–Crippen LogP) is 1.73. The van der Waals surface area contributed by atoms with Crippen molar-refractivity contribution in [2.75, 3.05) is 7.11 Å². The van der Waals surface area contributed by atoms with E-state index in [1.807, 2.05) is 12.1 Å². The molecule has 52 valence electrons. The first-order chi connectivity index (χ1) is 4.88. The van der Waals surface area contributed by atoms with Crippen LogP contribution in [0.2, 0.25) is 0 Å². The number of nitrogens with zero attached hydrogens (tertiary/aromatic N) is 1. The molecule has 0 saturated heterocycles. The second-order valence-electron chi connectivity index (χ2n) is 1.80. The van der Waals surface area contributed by atoms with Crippen molar-refractivity contribution in [3.05, 3.63) is 30.6 Å². The molecule has 0 radical (unpaired) electrons. The van der Waals surface area contributed by atoms with Crippen LogP contribution < -0.4 is 4.74 Å². The van der Waals surface area contributed by atoms with Crippen LogP contribution in [0.1, 0.15) is 5.69 Å². The van der Waals surface area contributed by atoms with Crippen molar-refractivity contribution in [1.29, 1.82) is 0 Å². The number of pyridine rings is 1. The largest absolute Gasteiger partial charge is 0.494 e. The van der Waals surface area contributed by atoms with E-state index in [4.69, 9.17) is 4.74 Å². The quantitative estimate of drug-likeness (QED) is 0.616. The number of ether oxygens (including phenoxy) is 1. The standard InChI is InChI=1S/C8H9NO/c1-3-7-8(10-2)5-4-6-9-7/h3-6H,1H2,2H3. The molecule has 0 N–H and O–H groups in total. The van der Waals surface area contributed by atoms with Crippen molar-refractivity contribution in [3.63, 3.8) is 0 Å². The van der Waals surface area contributed by atoms with Crippen molar-refractivity contribution in [1.82, 2.24) is 4.98 Å². The first-order valence-electron chi connectivity index (χ1n) is 3.00. The number of aromatic nitrogens is 1. The highest BCUT2D eigenvalue weighted by atomic mass is 16.5. The van der Waals surface area contributed by atoms with Crippen molar-refractivity contribution >= 4 is 6.08 Å². The van der Waals surface area contributed by atoms with Gasteiger partial charge in [0.15, 0.2) is 0 Å². The summed E-state index contributed by atoms with van der Waals surface area (Å²) < 4.78 is 5.00. The van der Waals surface area contributed by atoms with Gasteiger partial charge < -0.3 is 4.74 Å². The van der Waals surface area contributed by atoms with Gasteiger partial charge >= 0.3 is 0 Å². The highest BCUT2D eigenvalue weighted by Crippen LogP contribution is 2.14. The molecule has 1 heterocycles. The molecule has 0 aliphatic rings. The van der Waals surface area contributed by atoms with Crippen LogP contribution in [0.3, 0.4) is 0 Å².